The molecule has 0 atom stereocenters. The molecule has 1 saturated carbocycles. The summed E-state index contributed by atoms with van der Waals surface area (Å²) in [4.78, 5) is 28.8. The summed E-state index contributed by atoms with van der Waals surface area (Å²) in [6, 6.07) is 1.90. The molecule has 1 heterocycles. The van der Waals surface area contributed by atoms with E-state index in [-0.39, 0.29) is 0 Å². The Morgan fingerprint density at radius 2 is 1.91 bits per heavy atom. The predicted molar refractivity (Wildman–Crippen MR) is 71.7 cm³/mol. The highest BCUT2D eigenvalue weighted by molar-refractivity contribution is 5.98. The number of hydrogen-bond acceptors (Lipinski definition) is 3. The standard InChI is InChI=1S/C14H16F3N3O2/c1-20(13(12(18)22)6-2-3-7-13)11(21)10-9(14(15,16)17)5-4-8-19-10/h4-5,8H,2-3,6-7H2,1H3,(H2,18,22). The molecule has 22 heavy (non-hydrogen) atoms. The zero-order valence-corrected chi connectivity index (χ0v) is 12.0. The summed E-state index contributed by atoms with van der Waals surface area (Å²) < 4.78 is 39.0. The number of amides is 2. The van der Waals surface area contributed by atoms with Gasteiger partial charge in [0.25, 0.3) is 5.91 Å². The SMILES string of the molecule is CN(C(=O)c1ncccc1C(F)(F)F)C1(C(N)=O)CCCC1. The van der Waals surface area contributed by atoms with Crippen LogP contribution in [0.3, 0.4) is 0 Å². The summed E-state index contributed by atoms with van der Waals surface area (Å²) in [5, 5.41) is 0. The fraction of sp³-hybridized carbons (Fsp3) is 0.500. The Morgan fingerprint density at radius 1 is 1.32 bits per heavy atom. The first-order valence-corrected chi connectivity index (χ1v) is 6.80. The number of primary amides is 1. The van der Waals surface area contributed by atoms with Crippen LogP contribution in [0.4, 0.5) is 13.2 Å². The van der Waals surface area contributed by atoms with Crippen LogP contribution in [-0.4, -0.2) is 34.3 Å². The first kappa shape index (κ1) is 16.3. The molecule has 0 aliphatic heterocycles. The third-order valence-electron chi connectivity index (χ3n) is 4.15. The molecular weight excluding hydrogens is 299 g/mol. The Kier molecular flexibility index (Phi) is 4.12. The predicted octanol–water partition coefficient (Wildman–Crippen LogP) is 1.97. The molecule has 0 aromatic carbocycles. The summed E-state index contributed by atoms with van der Waals surface area (Å²) in [6.45, 7) is 0. The minimum atomic E-state index is -4.70. The highest BCUT2D eigenvalue weighted by Gasteiger charge is 2.47. The van der Waals surface area contributed by atoms with Gasteiger partial charge in [-0.15, -0.1) is 0 Å². The number of nitrogens with two attached hydrogens (primary N) is 1. The number of alkyl halides is 3. The van der Waals surface area contributed by atoms with Gasteiger partial charge >= 0.3 is 6.18 Å². The van der Waals surface area contributed by atoms with Crippen LogP contribution < -0.4 is 5.73 Å². The molecule has 2 N–H and O–H groups in total. The van der Waals surface area contributed by atoms with Gasteiger partial charge in [0.2, 0.25) is 5.91 Å². The van der Waals surface area contributed by atoms with E-state index >= 15 is 0 Å². The monoisotopic (exact) mass is 315 g/mol. The van der Waals surface area contributed by atoms with Gasteiger partial charge in [0, 0.05) is 13.2 Å². The molecule has 0 radical (unpaired) electrons. The van der Waals surface area contributed by atoms with E-state index in [1.54, 1.807) is 0 Å². The van der Waals surface area contributed by atoms with E-state index in [0.29, 0.717) is 25.7 Å². The number of pyridine rings is 1. The molecule has 0 spiro atoms. The lowest BCUT2D eigenvalue weighted by atomic mass is 9.94. The number of nitrogens with zero attached hydrogens (tertiary/aromatic N) is 2. The summed E-state index contributed by atoms with van der Waals surface area (Å²) in [6.07, 6.45) is -1.51. The average molecular weight is 315 g/mol. The highest BCUT2D eigenvalue weighted by atomic mass is 19.4. The van der Waals surface area contributed by atoms with Crippen molar-refractivity contribution >= 4 is 11.8 Å². The van der Waals surface area contributed by atoms with E-state index in [9.17, 15) is 22.8 Å². The number of carbonyl (C=O) groups excluding carboxylic acids is 2. The van der Waals surface area contributed by atoms with Crippen LogP contribution in [0.5, 0.6) is 0 Å². The molecule has 2 rings (SSSR count). The van der Waals surface area contributed by atoms with Crippen molar-refractivity contribution in [2.75, 3.05) is 7.05 Å². The van der Waals surface area contributed by atoms with Crippen molar-refractivity contribution in [1.82, 2.24) is 9.88 Å². The lowest BCUT2D eigenvalue weighted by molar-refractivity contribution is -0.138. The van der Waals surface area contributed by atoms with Crippen LogP contribution in [0.25, 0.3) is 0 Å². The minimum absolute atomic E-state index is 0.346. The Labute approximate surface area is 125 Å². The van der Waals surface area contributed by atoms with Gasteiger partial charge in [-0.1, -0.05) is 12.8 Å². The van der Waals surface area contributed by atoms with E-state index < -0.39 is 34.8 Å². The third kappa shape index (κ3) is 2.65. The normalized spacial score (nSPS) is 17.3. The molecule has 0 saturated heterocycles. The Bertz CT molecular complexity index is 595. The molecule has 0 bridgehead atoms. The second kappa shape index (κ2) is 5.58. The topological polar surface area (TPSA) is 76.3 Å². The third-order valence-corrected chi connectivity index (χ3v) is 4.15. The lowest BCUT2D eigenvalue weighted by Crippen LogP contribution is -2.56. The maximum atomic E-state index is 13.0. The molecule has 1 fully saturated rings. The number of likely N-dealkylation sites (N-methyl/N-ethyl adjacent to an activating group) is 1. The first-order valence-electron chi connectivity index (χ1n) is 6.80. The van der Waals surface area contributed by atoms with Crippen LogP contribution in [0.2, 0.25) is 0 Å². The Morgan fingerprint density at radius 3 is 2.41 bits per heavy atom. The van der Waals surface area contributed by atoms with Gasteiger partial charge in [0.1, 0.15) is 11.2 Å². The van der Waals surface area contributed by atoms with E-state index in [2.05, 4.69) is 4.98 Å². The molecule has 8 heteroatoms. The van der Waals surface area contributed by atoms with Gasteiger partial charge in [-0.2, -0.15) is 13.2 Å². The zero-order chi connectivity index (χ0) is 16.5. The Balaban J connectivity index is 2.42. The molecular formula is C14H16F3N3O2. The van der Waals surface area contributed by atoms with Gasteiger partial charge in [0.05, 0.1) is 5.56 Å². The molecule has 0 unspecified atom stereocenters. The smallest absolute Gasteiger partial charge is 0.368 e. The Hall–Kier alpha value is -2.12. The fourth-order valence-electron chi connectivity index (χ4n) is 2.86. The molecule has 120 valence electrons. The van der Waals surface area contributed by atoms with Gasteiger partial charge in [-0.25, -0.2) is 0 Å². The van der Waals surface area contributed by atoms with Crippen molar-refractivity contribution in [2.24, 2.45) is 5.73 Å². The minimum Gasteiger partial charge on any atom is -0.368 e. The number of halogens is 3. The summed E-state index contributed by atoms with van der Waals surface area (Å²) >= 11 is 0. The quantitative estimate of drug-likeness (QED) is 0.926. The number of hydrogen-bond donors (Lipinski definition) is 1. The van der Waals surface area contributed by atoms with E-state index in [1.165, 1.54) is 7.05 Å². The van der Waals surface area contributed by atoms with Crippen molar-refractivity contribution in [3.63, 3.8) is 0 Å². The first-order chi connectivity index (χ1) is 10.2. The van der Waals surface area contributed by atoms with Crippen molar-refractivity contribution < 1.29 is 22.8 Å². The van der Waals surface area contributed by atoms with Crippen LogP contribution in [0.1, 0.15) is 41.7 Å². The molecule has 5 nitrogen and oxygen atoms in total. The van der Waals surface area contributed by atoms with Crippen LogP contribution >= 0.6 is 0 Å². The second-order valence-corrected chi connectivity index (χ2v) is 5.36. The fourth-order valence-corrected chi connectivity index (χ4v) is 2.86. The van der Waals surface area contributed by atoms with Crippen LogP contribution in [0, 0.1) is 0 Å². The van der Waals surface area contributed by atoms with Crippen molar-refractivity contribution in [2.45, 2.75) is 37.4 Å². The van der Waals surface area contributed by atoms with Crippen molar-refractivity contribution in [3.05, 3.63) is 29.6 Å². The molecule has 1 aromatic heterocycles. The van der Waals surface area contributed by atoms with Gasteiger partial charge in [-0.3, -0.25) is 14.6 Å². The van der Waals surface area contributed by atoms with Gasteiger partial charge in [-0.05, 0) is 25.0 Å². The highest BCUT2D eigenvalue weighted by Crippen LogP contribution is 2.37. The summed E-state index contributed by atoms with van der Waals surface area (Å²) in [5.74, 6) is -1.65. The van der Waals surface area contributed by atoms with E-state index in [4.69, 9.17) is 5.73 Å². The largest absolute Gasteiger partial charge is 0.418 e. The molecule has 1 aliphatic carbocycles. The lowest BCUT2D eigenvalue weighted by Gasteiger charge is -2.36. The summed E-state index contributed by atoms with van der Waals surface area (Å²) in [5.41, 5.74) is 2.32. The second-order valence-electron chi connectivity index (χ2n) is 5.36. The number of rotatable bonds is 3. The number of carbonyl (C=O) groups is 2. The van der Waals surface area contributed by atoms with E-state index in [0.717, 1.165) is 23.2 Å². The van der Waals surface area contributed by atoms with E-state index in [1.807, 2.05) is 0 Å². The maximum absolute atomic E-state index is 13.0. The van der Waals surface area contributed by atoms with Gasteiger partial charge < -0.3 is 10.6 Å². The summed E-state index contributed by atoms with van der Waals surface area (Å²) in [7, 11) is 1.30. The molecule has 2 amide bonds. The number of aromatic nitrogens is 1. The van der Waals surface area contributed by atoms with Crippen LogP contribution in [0.15, 0.2) is 18.3 Å². The molecule has 1 aromatic rings. The molecule has 1 aliphatic rings. The van der Waals surface area contributed by atoms with Crippen LogP contribution in [-0.2, 0) is 11.0 Å². The zero-order valence-electron chi connectivity index (χ0n) is 12.0. The average Bonchev–Trinajstić information content (AvgIpc) is 2.95. The van der Waals surface area contributed by atoms with Crippen molar-refractivity contribution in [3.8, 4) is 0 Å². The maximum Gasteiger partial charge on any atom is 0.418 e. The van der Waals surface area contributed by atoms with Gasteiger partial charge in [0.15, 0.2) is 0 Å². The van der Waals surface area contributed by atoms with Crippen molar-refractivity contribution in [1.29, 1.82) is 0 Å².